The van der Waals surface area contributed by atoms with Crippen molar-refractivity contribution in [2.24, 2.45) is 4.99 Å². The molecule has 0 aliphatic heterocycles. The van der Waals surface area contributed by atoms with E-state index in [1.165, 1.54) is 22.3 Å². The molecular weight excluding hydrogens is 404 g/mol. The fraction of sp³-hybridized carbons (Fsp3) is 0.308. The first-order valence-corrected chi connectivity index (χ1v) is 12.4. The van der Waals surface area contributed by atoms with Gasteiger partial charge in [-0.3, -0.25) is 4.98 Å². The van der Waals surface area contributed by atoms with Gasteiger partial charge in [-0.25, -0.2) is 4.99 Å². The predicted molar refractivity (Wildman–Crippen MR) is 135 cm³/mol. The summed E-state index contributed by atoms with van der Waals surface area (Å²) in [6, 6.07) is 21.8. The van der Waals surface area contributed by atoms with Crippen LogP contribution < -0.4 is 0 Å². The van der Waals surface area contributed by atoms with Crippen LogP contribution in [0.1, 0.15) is 61.8 Å². The van der Waals surface area contributed by atoms with Crippen LogP contribution in [0.15, 0.2) is 78.0 Å². The fourth-order valence-corrected chi connectivity index (χ4v) is 4.91. The minimum absolute atomic E-state index is 0.562. The van der Waals surface area contributed by atoms with Crippen molar-refractivity contribution in [3.05, 3.63) is 95.3 Å². The van der Waals surface area contributed by atoms with Crippen molar-refractivity contribution in [2.75, 3.05) is 0 Å². The predicted octanol–water partition coefficient (Wildman–Crippen LogP) is 8.18. The summed E-state index contributed by atoms with van der Waals surface area (Å²) in [5.41, 5.74) is 6.31. The standard InChI is InChI=1S/C26H30N2S2/c1-19(2)23-11-7-21(8-12-23)17-29-26(28-25-6-5-15-27-16-25)30-18-22-9-13-24(14-10-22)20(3)4/h5-16,19-20H,17-18H2,1-4H3. The summed E-state index contributed by atoms with van der Waals surface area (Å²) < 4.78 is 1.07. The molecule has 0 atom stereocenters. The molecule has 0 unspecified atom stereocenters. The first kappa shape index (κ1) is 22.6. The smallest absolute Gasteiger partial charge is 0.131 e. The first-order valence-electron chi connectivity index (χ1n) is 10.4. The molecular formula is C26H30N2S2. The number of nitrogens with zero attached hydrogens (tertiary/aromatic N) is 2. The van der Waals surface area contributed by atoms with Crippen molar-refractivity contribution >= 4 is 33.6 Å². The molecule has 0 saturated heterocycles. The fourth-order valence-electron chi connectivity index (χ4n) is 2.92. The molecule has 0 aliphatic rings. The highest BCUT2D eigenvalue weighted by Gasteiger charge is 2.07. The molecule has 2 nitrogen and oxygen atoms in total. The van der Waals surface area contributed by atoms with Crippen molar-refractivity contribution in [1.82, 2.24) is 4.98 Å². The molecule has 0 fully saturated rings. The van der Waals surface area contributed by atoms with Crippen LogP contribution in [-0.4, -0.2) is 9.36 Å². The zero-order chi connectivity index (χ0) is 21.3. The Balaban J connectivity index is 1.68. The summed E-state index contributed by atoms with van der Waals surface area (Å²) in [4.78, 5) is 9.06. The molecule has 2 aromatic carbocycles. The van der Waals surface area contributed by atoms with E-state index in [1.54, 1.807) is 29.7 Å². The SMILES string of the molecule is CC(C)c1ccc(CSC(=Nc2cccnc2)SCc2ccc(C(C)C)cc2)cc1. The zero-order valence-corrected chi connectivity index (χ0v) is 19.8. The van der Waals surface area contributed by atoms with Crippen LogP contribution >= 0.6 is 23.5 Å². The van der Waals surface area contributed by atoms with Crippen LogP contribution in [0.3, 0.4) is 0 Å². The molecule has 0 amide bonds. The third-order valence-corrected chi connectivity index (χ3v) is 7.22. The molecule has 0 bridgehead atoms. The number of thioether (sulfide) groups is 2. The second-order valence-corrected chi connectivity index (χ2v) is 10.1. The van der Waals surface area contributed by atoms with Gasteiger partial charge in [0, 0.05) is 17.7 Å². The molecule has 3 rings (SSSR count). The van der Waals surface area contributed by atoms with Gasteiger partial charge in [-0.15, -0.1) is 0 Å². The summed E-state index contributed by atoms with van der Waals surface area (Å²) >= 11 is 3.59. The van der Waals surface area contributed by atoms with Crippen molar-refractivity contribution < 1.29 is 0 Å². The lowest BCUT2D eigenvalue weighted by atomic mass is 10.0. The summed E-state index contributed by atoms with van der Waals surface area (Å²) in [6.07, 6.45) is 3.60. The molecule has 0 N–H and O–H groups in total. The molecule has 1 heterocycles. The highest BCUT2D eigenvalue weighted by Crippen LogP contribution is 2.28. The lowest BCUT2D eigenvalue weighted by Gasteiger charge is -2.10. The second-order valence-electron chi connectivity index (χ2n) is 7.96. The third-order valence-electron chi connectivity index (χ3n) is 4.88. The lowest BCUT2D eigenvalue weighted by molar-refractivity contribution is 0.866. The highest BCUT2D eigenvalue weighted by atomic mass is 32.2. The van der Waals surface area contributed by atoms with Gasteiger partial charge >= 0.3 is 0 Å². The summed E-state index contributed by atoms with van der Waals surface area (Å²) in [6.45, 7) is 8.92. The van der Waals surface area contributed by atoms with Gasteiger partial charge in [0.15, 0.2) is 0 Å². The normalized spacial score (nSPS) is 11.1. The van der Waals surface area contributed by atoms with Gasteiger partial charge in [-0.2, -0.15) is 0 Å². The molecule has 0 radical (unpaired) electrons. The van der Waals surface area contributed by atoms with Crippen molar-refractivity contribution in [3.63, 3.8) is 0 Å². The second kappa shape index (κ2) is 11.4. The van der Waals surface area contributed by atoms with Gasteiger partial charge in [-0.05, 0) is 46.2 Å². The van der Waals surface area contributed by atoms with Gasteiger partial charge in [0.25, 0.3) is 0 Å². The maximum Gasteiger partial charge on any atom is 0.131 e. The van der Waals surface area contributed by atoms with Crippen LogP contribution in [0.25, 0.3) is 0 Å². The molecule has 0 aliphatic carbocycles. The van der Waals surface area contributed by atoms with E-state index in [4.69, 9.17) is 4.99 Å². The van der Waals surface area contributed by atoms with Gasteiger partial charge in [0.05, 0.1) is 11.9 Å². The third kappa shape index (κ3) is 7.03. The van der Waals surface area contributed by atoms with E-state index in [-0.39, 0.29) is 0 Å². The van der Waals surface area contributed by atoms with E-state index in [0.717, 1.165) is 21.6 Å². The van der Waals surface area contributed by atoms with E-state index < -0.39 is 0 Å². The van der Waals surface area contributed by atoms with Crippen molar-refractivity contribution in [2.45, 2.75) is 51.0 Å². The highest BCUT2D eigenvalue weighted by molar-refractivity contribution is 8.38. The van der Waals surface area contributed by atoms with E-state index in [9.17, 15) is 0 Å². The maximum atomic E-state index is 4.86. The van der Waals surface area contributed by atoms with E-state index in [2.05, 4.69) is 81.2 Å². The van der Waals surface area contributed by atoms with E-state index in [1.807, 2.05) is 18.3 Å². The zero-order valence-electron chi connectivity index (χ0n) is 18.2. The number of benzene rings is 2. The Labute approximate surface area is 189 Å². The van der Waals surface area contributed by atoms with Crippen LogP contribution in [0.2, 0.25) is 0 Å². The van der Waals surface area contributed by atoms with Crippen molar-refractivity contribution in [1.29, 1.82) is 0 Å². The largest absolute Gasteiger partial charge is 0.262 e. The number of hydrogen-bond acceptors (Lipinski definition) is 4. The van der Waals surface area contributed by atoms with Crippen LogP contribution in [-0.2, 0) is 11.5 Å². The minimum Gasteiger partial charge on any atom is -0.262 e. The Morgan fingerprint density at radius 3 is 1.67 bits per heavy atom. The molecule has 1 aromatic heterocycles. The Hall–Kier alpha value is -2.04. The Morgan fingerprint density at radius 2 is 1.27 bits per heavy atom. The maximum absolute atomic E-state index is 4.86. The number of aromatic nitrogens is 1. The molecule has 0 saturated carbocycles. The molecule has 4 heteroatoms. The van der Waals surface area contributed by atoms with Gasteiger partial charge in [0.1, 0.15) is 4.38 Å². The van der Waals surface area contributed by atoms with Gasteiger partial charge < -0.3 is 0 Å². The van der Waals surface area contributed by atoms with Crippen molar-refractivity contribution in [3.8, 4) is 0 Å². The Morgan fingerprint density at radius 1 is 0.767 bits per heavy atom. The monoisotopic (exact) mass is 434 g/mol. The lowest BCUT2D eigenvalue weighted by Crippen LogP contribution is -1.93. The molecule has 0 spiro atoms. The topological polar surface area (TPSA) is 25.2 Å². The molecule has 30 heavy (non-hydrogen) atoms. The Bertz CT molecular complexity index is 874. The summed E-state index contributed by atoms with van der Waals surface area (Å²) in [5.74, 6) is 2.95. The summed E-state index contributed by atoms with van der Waals surface area (Å²) in [5, 5.41) is 0. The number of hydrogen-bond donors (Lipinski definition) is 0. The van der Waals surface area contributed by atoms with Gasteiger partial charge in [0.2, 0.25) is 0 Å². The van der Waals surface area contributed by atoms with Gasteiger partial charge in [-0.1, -0.05) is 99.7 Å². The molecule has 3 aromatic rings. The number of aliphatic imine (C=N–C) groups is 1. The average molecular weight is 435 g/mol. The van der Waals surface area contributed by atoms with Crippen LogP contribution in [0, 0.1) is 0 Å². The van der Waals surface area contributed by atoms with Crippen LogP contribution in [0.5, 0.6) is 0 Å². The Kier molecular flexibility index (Phi) is 8.59. The average Bonchev–Trinajstić information content (AvgIpc) is 2.77. The number of pyridine rings is 1. The number of rotatable bonds is 7. The van der Waals surface area contributed by atoms with E-state index >= 15 is 0 Å². The quantitative estimate of drug-likeness (QED) is 0.277. The summed E-state index contributed by atoms with van der Waals surface area (Å²) in [7, 11) is 0. The minimum atomic E-state index is 0.562. The first-order chi connectivity index (χ1) is 14.5. The molecule has 156 valence electrons. The van der Waals surface area contributed by atoms with Crippen LogP contribution in [0.4, 0.5) is 5.69 Å². The van der Waals surface area contributed by atoms with E-state index in [0.29, 0.717) is 11.8 Å².